The van der Waals surface area contributed by atoms with E-state index in [1.165, 1.54) is 12.3 Å². The van der Waals surface area contributed by atoms with Gasteiger partial charge in [-0.25, -0.2) is 9.82 Å². The van der Waals surface area contributed by atoms with Gasteiger partial charge in [0.2, 0.25) is 0 Å². The first-order valence-electron chi connectivity index (χ1n) is 6.23. The third kappa shape index (κ3) is 3.29. The molecule has 0 aliphatic carbocycles. The summed E-state index contributed by atoms with van der Waals surface area (Å²) in [5, 5.41) is 3.77. The first-order chi connectivity index (χ1) is 9.58. The van der Waals surface area contributed by atoms with Gasteiger partial charge in [-0.15, -0.1) is 0 Å². The zero-order valence-electron chi connectivity index (χ0n) is 11.4. The van der Waals surface area contributed by atoms with E-state index in [-0.39, 0.29) is 11.7 Å². The van der Waals surface area contributed by atoms with Crippen LogP contribution in [0.4, 0.5) is 4.39 Å². The van der Waals surface area contributed by atoms with Gasteiger partial charge in [-0.2, -0.15) is 5.10 Å². The van der Waals surface area contributed by atoms with Gasteiger partial charge in [0, 0.05) is 11.1 Å². The smallest absolute Gasteiger partial charge is 0.267 e. The number of halogens is 1. The molecule has 1 N–H and O–H groups in total. The highest BCUT2D eigenvalue weighted by molar-refractivity contribution is 5.95. The lowest BCUT2D eigenvalue weighted by Crippen LogP contribution is -2.17. The van der Waals surface area contributed by atoms with Crippen molar-refractivity contribution in [3.63, 3.8) is 0 Å². The Bertz CT molecular complexity index is 665. The molecule has 2 rings (SSSR count). The Morgan fingerprint density at radius 3 is 2.60 bits per heavy atom. The molecule has 0 spiro atoms. The summed E-state index contributed by atoms with van der Waals surface area (Å²) in [6, 6.07) is 11.6. The van der Waals surface area contributed by atoms with Gasteiger partial charge in [0.25, 0.3) is 5.91 Å². The van der Waals surface area contributed by atoms with Gasteiger partial charge in [0.05, 0.1) is 6.21 Å². The Balaban J connectivity index is 2.05. The number of rotatable bonds is 3. The monoisotopic (exact) mass is 270 g/mol. The van der Waals surface area contributed by atoms with Gasteiger partial charge >= 0.3 is 0 Å². The number of hydrazone groups is 1. The molecule has 4 heteroatoms. The van der Waals surface area contributed by atoms with Crippen LogP contribution in [0.5, 0.6) is 0 Å². The lowest BCUT2D eigenvalue weighted by atomic mass is 10.1. The predicted molar refractivity (Wildman–Crippen MR) is 77.4 cm³/mol. The SMILES string of the molecule is Cc1ccc(C(=O)NN=Cc2ccccc2F)cc1C. The molecule has 0 aliphatic rings. The maximum atomic E-state index is 13.3. The Kier molecular flexibility index (Phi) is 4.25. The van der Waals surface area contributed by atoms with E-state index >= 15 is 0 Å². The van der Waals surface area contributed by atoms with Crippen LogP contribution in [0.2, 0.25) is 0 Å². The fraction of sp³-hybridized carbons (Fsp3) is 0.125. The fourth-order valence-electron chi connectivity index (χ4n) is 1.69. The van der Waals surface area contributed by atoms with Crippen molar-refractivity contribution in [3.05, 3.63) is 70.5 Å². The molecule has 2 aromatic rings. The van der Waals surface area contributed by atoms with Crippen LogP contribution in [0.1, 0.15) is 27.0 Å². The van der Waals surface area contributed by atoms with Crippen LogP contribution in [0, 0.1) is 19.7 Å². The predicted octanol–water partition coefficient (Wildman–Crippen LogP) is 3.21. The van der Waals surface area contributed by atoms with Crippen LogP contribution >= 0.6 is 0 Å². The molecule has 0 aliphatic heterocycles. The van der Waals surface area contributed by atoms with Crippen LogP contribution in [0.3, 0.4) is 0 Å². The molecule has 3 nitrogen and oxygen atoms in total. The molecule has 0 saturated heterocycles. The number of nitrogens with one attached hydrogen (secondary N) is 1. The summed E-state index contributed by atoms with van der Waals surface area (Å²) in [5.74, 6) is -0.697. The van der Waals surface area contributed by atoms with Crippen LogP contribution in [-0.2, 0) is 0 Å². The summed E-state index contributed by atoms with van der Waals surface area (Å²) >= 11 is 0. The minimum Gasteiger partial charge on any atom is -0.267 e. The molecule has 20 heavy (non-hydrogen) atoms. The van der Waals surface area contributed by atoms with Crippen LogP contribution in [0.25, 0.3) is 0 Å². The normalized spacial score (nSPS) is 10.8. The van der Waals surface area contributed by atoms with Gasteiger partial charge in [-0.3, -0.25) is 4.79 Å². The number of benzene rings is 2. The number of hydrogen-bond acceptors (Lipinski definition) is 2. The number of carbonyl (C=O) groups is 1. The molecule has 1 amide bonds. The zero-order valence-corrected chi connectivity index (χ0v) is 11.4. The first-order valence-corrected chi connectivity index (χ1v) is 6.23. The van der Waals surface area contributed by atoms with Crippen molar-refractivity contribution < 1.29 is 9.18 Å². The minimum absolute atomic E-state index is 0.319. The van der Waals surface area contributed by atoms with E-state index in [1.54, 1.807) is 30.3 Å². The van der Waals surface area contributed by atoms with Crippen molar-refractivity contribution in [3.8, 4) is 0 Å². The fourth-order valence-corrected chi connectivity index (χ4v) is 1.69. The molecule has 0 aromatic heterocycles. The molecule has 2 aromatic carbocycles. The highest BCUT2D eigenvalue weighted by atomic mass is 19.1. The van der Waals surface area contributed by atoms with Gasteiger partial charge in [-0.1, -0.05) is 24.3 Å². The average Bonchev–Trinajstić information content (AvgIpc) is 2.44. The second-order valence-electron chi connectivity index (χ2n) is 4.52. The molecule has 0 saturated carbocycles. The van der Waals surface area contributed by atoms with Crippen molar-refractivity contribution >= 4 is 12.1 Å². The Hall–Kier alpha value is -2.49. The zero-order chi connectivity index (χ0) is 14.5. The van der Waals surface area contributed by atoms with Crippen LogP contribution < -0.4 is 5.43 Å². The van der Waals surface area contributed by atoms with Crippen LogP contribution in [-0.4, -0.2) is 12.1 Å². The quantitative estimate of drug-likeness (QED) is 0.675. The maximum Gasteiger partial charge on any atom is 0.271 e. The first kappa shape index (κ1) is 13.9. The van der Waals surface area contributed by atoms with Gasteiger partial charge in [0.1, 0.15) is 5.82 Å². The Morgan fingerprint density at radius 2 is 1.90 bits per heavy atom. The largest absolute Gasteiger partial charge is 0.271 e. The van der Waals surface area contributed by atoms with E-state index < -0.39 is 0 Å². The van der Waals surface area contributed by atoms with Gasteiger partial charge < -0.3 is 0 Å². The minimum atomic E-state index is -0.378. The molecule has 0 fully saturated rings. The summed E-state index contributed by atoms with van der Waals surface area (Å²) < 4.78 is 13.3. The second kappa shape index (κ2) is 6.10. The molecule has 0 bridgehead atoms. The standard InChI is InChI=1S/C16H15FN2O/c1-11-7-8-13(9-12(11)2)16(20)19-18-10-14-5-3-4-6-15(14)17/h3-10H,1-2H3,(H,19,20). The average molecular weight is 270 g/mol. The molecular formula is C16H15FN2O. The summed E-state index contributed by atoms with van der Waals surface area (Å²) in [6.07, 6.45) is 1.29. The summed E-state index contributed by atoms with van der Waals surface area (Å²) in [6.45, 7) is 3.92. The number of aryl methyl sites for hydroxylation is 2. The summed E-state index contributed by atoms with van der Waals surface area (Å²) in [7, 11) is 0. The van der Waals surface area contributed by atoms with E-state index in [9.17, 15) is 9.18 Å². The summed E-state index contributed by atoms with van der Waals surface area (Å²) in [5.41, 5.74) is 5.40. The van der Waals surface area contributed by atoms with Crippen molar-refractivity contribution in [1.29, 1.82) is 0 Å². The van der Waals surface area contributed by atoms with Crippen molar-refractivity contribution in [2.24, 2.45) is 5.10 Å². The van der Waals surface area contributed by atoms with Gasteiger partial charge in [0.15, 0.2) is 0 Å². The third-order valence-corrected chi connectivity index (χ3v) is 3.04. The van der Waals surface area contributed by atoms with Crippen molar-refractivity contribution in [2.75, 3.05) is 0 Å². The Labute approximate surface area is 117 Å². The Morgan fingerprint density at radius 1 is 1.15 bits per heavy atom. The molecule has 0 heterocycles. The van der Waals surface area contributed by atoms with Crippen molar-refractivity contribution in [2.45, 2.75) is 13.8 Å². The van der Waals surface area contributed by atoms with Crippen LogP contribution in [0.15, 0.2) is 47.6 Å². The van der Waals surface area contributed by atoms with E-state index in [4.69, 9.17) is 0 Å². The number of hydrogen-bond donors (Lipinski definition) is 1. The number of amides is 1. The van der Waals surface area contributed by atoms with E-state index in [0.29, 0.717) is 11.1 Å². The summed E-state index contributed by atoms with van der Waals surface area (Å²) in [4.78, 5) is 11.9. The molecule has 0 unspecified atom stereocenters. The van der Waals surface area contributed by atoms with Crippen molar-refractivity contribution in [1.82, 2.24) is 5.43 Å². The molecule has 102 valence electrons. The number of carbonyl (C=O) groups excluding carboxylic acids is 1. The third-order valence-electron chi connectivity index (χ3n) is 3.04. The highest BCUT2D eigenvalue weighted by Gasteiger charge is 2.05. The lowest BCUT2D eigenvalue weighted by Gasteiger charge is -2.03. The highest BCUT2D eigenvalue weighted by Crippen LogP contribution is 2.09. The molecule has 0 radical (unpaired) electrons. The lowest BCUT2D eigenvalue weighted by molar-refractivity contribution is 0.0955. The van der Waals surface area contributed by atoms with E-state index in [2.05, 4.69) is 10.5 Å². The number of nitrogens with zero attached hydrogens (tertiary/aromatic N) is 1. The molecular weight excluding hydrogens is 255 g/mol. The molecule has 0 atom stereocenters. The maximum absolute atomic E-state index is 13.3. The topological polar surface area (TPSA) is 41.5 Å². The second-order valence-corrected chi connectivity index (χ2v) is 4.52. The van der Waals surface area contributed by atoms with E-state index in [1.807, 2.05) is 19.9 Å². The van der Waals surface area contributed by atoms with Gasteiger partial charge in [-0.05, 0) is 43.2 Å². The van der Waals surface area contributed by atoms with E-state index in [0.717, 1.165) is 11.1 Å².